The molecule has 0 fully saturated rings. The normalized spacial score (nSPS) is 10.7. The molecule has 50 heavy (non-hydrogen) atoms. The number of aromatic nitrogens is 3. The van der Waals surface area contributed by atoms with E-state index in [1.165, 1.54) is 11.8 Å². The first-order valence-corrected chi connectivity index (χ1v) is 17.5. The largest absolute Gasteiger partial charge is 0.355 e. The number of para-hydroxylation sites is 3. The van der Waals surface area contributed by atoms with Crippen molar-refractivity contribution >= 4 is 103 Å². The fourth-order valence-corrected chi connectivity index (χ4v) is 6.85. The highest BCUT2D eigenvalue weighted by Crippen LogP contribution is 2.29. The first kappa shape index (κ1) is 35.2. The Labute approximate surface area is 316 Å². The molecule has 0 aliphatic rings. The predicted molar refractivity (Wildman–Crippen MR) is 219 cm³/mol. The SMILES string of the molecule is Cc1ccccc1Nc1ccc(C(=S)c2nccnc2Cl)c(Cl)c1.Cc1ccccc1Nc1ccc(C(=S)n2ccc3ccccc32)c(Cl)c1. The zero-order valence-corrected chi connectivity index (χ0v) is 30.9. The molecule has 5 aromatic carbocycles. The maximum atomic E-state index is 6.56. The third kappa shape index (κ3) is 8.05. The van der Waals surface area contributed by atoms with Crippen LogP contribution in [0, 0.1) is 13.8 Å². The zero-order chi connectivity index (χ0) is 35.2. The number of nitrogens with zero attached hydrogens (tertiary/aromatic N) is 3. The molecule has 0 spiro atoms. The number of fused-ring (bicyclic) bond motifs is 1. The molecular formula is C40H30Cl3N5S2. The molecule has 7 aromatic rings. The van der Waals surface area contributed by atoms with Crippen LogP contribution in [0.3, 0.4) is 0 Å². The van der Waals surface area contributed by atoms with Crippen molar-refractivity contribution in [3.05, 3.63) is 177 Å². The second-order valence-electron chi connectivity index (χ2n) is 11.3. The molecule has 0 bridgehead atoms. The Morgan fingerprint density at radius 2 is 1.16 bits per heavy atom. The number of thiocarbonyl (C=S) groups is 2. The topological polar surface area (TPSA) is 54.8 Å². The summed E-state index contributed by atoms with van der Waals surface area (Å²) in [6, 6.07) is 37.9. The number of anilines is 4. The molecule has 0 amide bonds. The van der Waals surface area contributed by atoms with Gasteiger partial charge < -0.3 is 15.2 Å². The molecule has 2 N–H and O–H groups in total. The molecule has 2 heterocycles. The molecule has 0 radical (unpaired) electrons. The van der Waals surface area contributed by atoms with E-state index in [-0.39, 0.29) is 5.15 Å². The van der Waals surface area contributed by atoms with Gasteiger partial charge in [0.1, 0.15) is 10.7 Å². The number of hydrogen-bond donors (Lipinski definition) is 2. The van der Waals surface area contributed by atoms with Crippen LogP contribution in [0.2, 0.25) is 15.2 Å². The van der Waals surface area contributed by atoms with Gasteiger partial charge in [0.2, 0.25) is 0 Å². The Balaban J connectivity index is 0.000000174. The number of aryl methyl sites for hydroxylation is 2. The average molecular weight is 751 g/mol. The second-order valence-corrected chi connectivity index (χ2v) is 13.3. The minimum atomic E-state index is 0.265. The fraction of sp³-hybridized carbons (Fsp3) is 0.0500. The van der Waals surface area contributed by atoms with Crippen molar-refractivity contribution in [2.75, 3.05) is 10.6 Å². The number of halogens is 3. The fourth-order valence-electron chi connectivity index (χ4n) is 5.27. The number of benzene rings is 5. The Morgan fingerprint density at radius 3 is 1.74 bits per heavy atom. The van der Waals surface area contributed by atoms with Crippen LogP contribution in [0.4, 0.5) is 22.7 Å². The standard InChI is InChI=1S/C22H17ClN2S.C18H13Cl2N3S/c1-15-6-2-4-8-20(15)24-17-10-11-18(19(23)14-17)22(26)25-13-12-16-7-3-5-9-21(16)25;1-11-4-2-3-5-15(11)23-12-6-7-13(14(19)10-12)17(24)16-18(20)22-9-8-21-16/h2-14,24H,1H3;2-10,23H,1H3. The monoisotopic (exact) mass is 749 g/mol. The van der Waals surface area contributed by atoms with Crippen LogP contribution in [-0.2, 0) is 0 Å². The van der Waals surface area contributed by atoms with Crippen LogP contribution in [0.5, 0.6) is 0 Å². The molecule has 10 heteroatoms. The maximum absolute atomic E-state index is 6.56. The van der Waals surface area contributed by atoms with E-state index in [1.54, 1.807) is 6.20 Å². The average Bonchev–Trinajstić information content (AvgIpc) is 3.55. The number of rotatable bonds is 7. The van der Waals surface area contributed by atoms with E-state index in [4.69, 9.17) is 59.2 Å². The van der Waals surface area contributed by atoms with Gasteiger partial charge in [0, 0.05) is 52.5 Å². The first-order valence-electron chi connectivity index (χ1n) is 15.6. The molecule has 7 rings (SSSR count). The van der Waals surface area contributed by atoms with Crippen LogP contribution >= 0.6 is 59.2 Å². The van der Waals surface area contributed by atoms with Crippen molar-refractivity contribution in [3.63, 3.8) is 0 Å². The highest BCUT2D eigenvalue weighted by molar-refractivity contribution is 7.81. The summed E-state index contributed by atoms with van der Waals surface area (Å²) in [5, 5.41) is 9.34. The van der Waals surface area contributed by atoms with E-state index in [2.05, 4.69) is 51.8 Å². The summed E-state index contributed by atoms with van der Waals surface area (Å²) in [6.07, 6.45) is 5.06. The maximum Gasteiger partial charge on any atom is 0.156 e. The Bertz CT molecular complexity index is 2350. The Kier molecular flexibility index (Phi) is 11.2. The number of nitrogens with one attached hydrogen (secondary N) is 2. The van der Waals surface area contributed by atoms with Gasteiger partial charge in [0.05, 0.1) is 20.4 Å². The molecule has 0 saturated carbocycles. The van der Waals surface area contributed by atoms with Gasteiger partial charge in [-0.05, 0) is 91.0 Å². The van der Waals surface area contributed by atoms with Crippen LogP contribution in [0.15, 0.2) is 134 Å². The van der Waals surface area contributed by atoms with Crippen molar-refractivity contribution in [1.29, 1.82) is 0 Å². The molecule has 0 atom stereocenters. The minimum Gasteiger partial charge on any atom is -0.355 e. The van der Waals surface area contributed by atoms with Gasteiger partial charge in [-0.2, -0.15) is 0 Å². The first-order chi connectivity index (χ1) is 24.2. The van der Waals surface area contributed by atoms with Crippen LogP contribution in [0.25, 0.3) is 10.9 Å². The van der Waals surface area contributed by atoms with E-state index in [0.29, 0.717) is 31.2 Å². The van der Waals surface area contributed by atoms with Gasteiger partial charge in [-0.1, -0.05) is 114 Å². The summed E-state index contributed by atoms with van der Waals surface area (Å²) in [7, 11) is 0. The van der Waals surface area contributed by atoms with E-state index in [1.807, 2.05) is 109 Å². The summed E-state index contributed by atoms with van der Waals surface area (Å²) in [6.45, 7) is 4.12. The van der Waals surface area contributed by atoms with E-state index in [0.717, 1.165) is 44.8 Å². The third-order valence-corrected chi connectivity index (χ3v) is 9.68. The van der Waals surface area contributed by atoms with Crippen molar-refractivity contribution in [2.45, 2.75) is 13.8 Å². The van der Waals surface area contributed by atoms with E-state index >= 15 is 0 Å². The molecular weight excluding hydrogens is 721 g/mol. The highest BCUT2D eigenvalue weighted by Gasteiger charge is 2.15. The summed E-state index contributed by atoms with van der Waals surface area (Å²) in [5.41, 5.74) is 9.33. The molecule has 0 saturated heterocycles. The summed E-state index contributed by atoms with van der Waals surface area (Å²) in [5.74, 6) is 0. The highest BCUT2D eigenvalue weighted by atomic mass is 35.5. The second kappa shape index (κ2) is 15.9. The van der Waals surface area contributed by atoms with Gasteiger partial charge in [-0.15, -0.1) is 0 Å². The van der Waals surface area contributed by atoms with Crippen molar-refractivity contribution in [3.8, 4) is 0 Å². The Morgan fingerprint density at radius 1 is 0.620 bits per heavy atom. The van der Waals surface area contributed by atoms with Gasteiger partial charge in [-0.25, -0.2) is 4.98 Å². The van der Waals surface area contributed by atoms with Crippen molar-refractivity contribution in [1.82, 2.24) is 14.5 Å². The van der Waals surface area contributed by atoms with Crippen molar-refractivity contribution < 1.29 is 0 Å². The van der Waals surface area contributed by atoms with Crippen molar-refractivity contribution in [2.24, 2.45) is 0 Å². The molecule has 0 aliphatic heterocycles. The lowest BCUT2D eigenvalue weighted by molar-refractivity contribution is 1.18. The predicted octanol–water partition coefficient (Wildman–Crippen LogP) is 12.2. The third-order valence-electron chi connectivity index (χ3n) is 7.95. The lowest BCUT2D eigenvalue weighted by Crippen LogP contribution is -2.10. The van der Waals surface area contributed by atoms with Crippen LogP contribution < -0.4 is 10.6 Å². The molecule has 0 aliphatic carbocycles. The van der Waals surface area contributed by atoms with Crippen LogP contribution in [0.1, 0.15) is 27.9 Å². The summed E-state index contributed by atoms with van der Waals surface area (Å²) < 4.78 is 2.00. The van der Waals surface area contributed by atoms with E-state index in [9.17, 15) is 0 Å². The van der Waals surface area contributed by atoms with Gasteiger partial charge in [0.25, 0.3) is 0 Å². The molecule has 5 nitrogen and oxygen atoms in total. The number of hydrogen-bond acceptors (Lipinski definition) is 6. The zero-order valence-electron chi connectivity index (χ0n) is 27.0. The van der Waals surface area contributed by atoms with Crippen LogP contribution in [-0.4, -0.2) is 24.4 Å². The van der Waals surface area contributed by atoms with Gasteiger partial charge in [-0.3, -0.25) is 4.98 Å². The minimum absolute atomic E-state index is 0.265. The lowest BCUT2D eigenvalue weighted by atomic mass is 10.1. The summed E-state index contributed by atoms with van der Waals surface area (Å²) >= 11 is 30.2. The smallest absolute Gasteiger partial charge is 0.156 e. The van der Waals surface area contributed by atoms with Gasteiger partial charge in [0.15, 0.2) is 5.15 Å². The molecule has 248 valence electrons. The molecule has 0 unspecified atom stereocenters. The lowest BCUT2D eigenvalue weighted by Gasteiger charge is -2.13. The molecule has 2 aromatic heterocycles. The quantitative estimate of drug-likeness (QED) is 0.125. The van der Waals surface area contributed by atoms with E-state index < -0.39 is 0 Å². The Hall–Kier alpha value is -4.63. The summed E-state index contributed by atoms with van der Waals surface area (Å²) in [4.78, 5) is 9.35. The van der Waals surface area contributed by atoms with Gasteiger partial charge >= 0.3 is 0 Å².